The van der Waals surface area contributed by atoms with Crippen LogP contribution < -0.4 is 4.90 Å². The molecule has 3 unspecified atom stereocenters. The molecule has 3 aromatic carbocycles. The molecule has 0 radical (unpaired) electrons. The molecule has 1 amide bonds. The van der Waals surface area contributed by atoms with E-state index in [1.807, 2.05) is 41.3 Å². The fraction of sp³-hybridized carbons (Fsp3) is 0.208. The number of amides is 1. The van der Waals surface area contributed by atoms with Crippen molar-refractivity contribution < 1.29 is 9.18 Å². The lowest BCUT2D eigenvalue weighted by Crippen LogP contribution is -2.57. The van der Waals surface area contributed by atoms with E-state index in [2.05, 4.69) is 31.2 Å². The maximum absolute atomic E-state index is 13.4. The van der Waals surface area contributed by atoms with Crippen LogP contribution in [0, 0.1) is 11.7 Å². The largest absolute Gasteiger partial charge is 0.304 e. The lowest BCUT2D eigenvalue weighted by atomic mass is 9.70. The summed E-state index contributed by atoms with van der Waals surface area (Å²) in [5.41, 5.74) is 3.05. The highest BCUT2D eigenvalue weighted by molar-refractivity contribution is 6.03. The van der Waals surface area contributed by atoms with Gasteiger partial charge in [-0.25, -0.2) is 4.39 Å². The smallest absolute Gasteiger partial charge is 0.233 e. The molecule has 4 rings (SSSR count). The minimum absolute atomic E-state index is 0.0469. The molecular formula is C24H22FNO. The number of carbonyl (C=O) groups excluding carboxylic acids is 1. The van der Waals surface area contributed by atoms with E-state index in [9.17, 15) is 9.18 Å². The molecule has 0 spiro atoms. The summed E-state index contributed by atoms with van der Waals surface area (Å²) >= 11 is 0. The molecule has 3 heteroatoms. The first kappa shape index (κ1) is 17.5. The van der Waals surface area contributed by atoms with E-state index in [1.165, 1.54) is 17.7 Å². The van der Waals surface area contributed by atoms with Crippen molar-refractivity contribution in [3.63, 3.8) is 0 Å². The molecule has 1 heterocycles. The maximum atomic E-state index is 13.4. The summed E-state index contributed by atoms with van der Waals surface area (Å²) < 4.78 is 13.4. The second-order valence-corrected chi connectivity index (χ2v) is 6.99. The summed E-state index contributed by atoms with van der Waals surface area (Å²) in [5.74, 6) is -0.160. The molecule has 1 fully saturated rings. The molecule has 3 aromatic rings. The molecule has 0 aliphatic carbocycles. The van der Waals surface area contributed by atoms with Gasteiger partial charge in [-0.2, -0.15) is 0 Å². The number of halogens is 1. The van der Waals surface area contributed by atoms with E-state index in [1.54, 1.807) is 12.1 Å². The Balaban J connectivity index is 1.75. The number of benzene rings is 3. The standard InChI is InChI=1S/C24H22FNO/c1-2-21(17-9-5-3-6-10-17)22-23(18-11-7-4-8-12-18)26(24(22)27)20-15-13-19(25)14-16-20/h3-16,21-23H,2H2,1H3. The van der Waals surface area contributed by atoms with E-state index in [4.69, 9.17) is 0 Å². The van der Waals surface area contributed by atoms with Gasteiger partial charge in [-0.1, -0.05) is 67.6 Å². The van der Waals surface area contributed by atoms with E-state index in [0.29, 0.717) is 0 Å². The van der Waals surface area contributed by atoms with Crippen molar-refractivity contribution >= 4 is 11.6 Å². The minimum atomic E-state index is -0.296. The lowest BCUT2D eigenvalue weighted by Gasteiger charge is -2.50. The normalized spacial score (nSPS) is 20.2. The number of carbonyl (C=O) groups is 1. The van der Waals surface area contributed by atoms with Gasteiger partial charge in [-0.3, -0.25) is 4.79 Å². The molecule has 1 aliphatic rings. The molecule has 2 nitrogen and oxygen atoms in total. The highest BCUT2D eigenvalue weighted by Crippen LogP contribution is 2.50. The summed E-state index contributed by atoms with van der Waals surface area (Å²) in [6.45, 7) is 2.13. The van der Waals surface area contributed by atoms with Gasteiger partial charge in [0.25, 0.3) is 0 Å². The molecule has 3 atom stereocenters. The summed E-state index contributed by atoms with van der Waals surface area (Å²) in [6, 6.07) is 26.5. The summed E-state index contributed by atoms with van der Waals surface area (Å²) in [4.78, 5) is 15.0. The predicted octanol–water partition coefficient (Wildman–Crippen LogP) is 5.72. The van der Waals surface area contributed by atoms with Gasteiger partial charge in [0.05, 0.1) is 12.0 Å². The van der Waals surface area contributed by atoms with Crippen LogP contribution in [0.25, 0.3) is 0 Å². The summed E-state index contributed by atoms with van der Waals surface area (Å²) in [5, 5.41) is 0. The van der Waals surface area contributed by atoms with Gasteiger partial charge in [0.15, 0.2) is 0 Å². The van der Waals surface area contributed by atoms with E-state index < -0.39 is 0 Å². The van der Waals surface area contributed by atoms with Crippen LogP contribution in [0.5, 0.6) is 0 Å². The first-order chi connectivity index (χ1) is 13.2. The fourth-order valence-electron chi connectivity index (χ4n) is 4.20. The average molecular weight is 359 g/mol. The second-order valence-electron chi connectivity index (χ2n) is 6.99. The Morgan fingerprint density at radius 3 is 2.07 bits per heavy atom. The van der Waals surface area contributed by atoms with Crippen LogP contribution in [-0.2, 0) is 4.79 Å². The third kappa shape index (κ3) is 3.14. The molecular weight excluding hydrogens is 337 g/mol. The van der Waals surface area contributed by atoms with Gasteiger partial charge >= 0.3 is 0 Å². The first-order valence-corrected chi connectivity index (χ1v) is 9.39. The summed E-state index contributed by atoms with van der Waals surface area (Å²) in [7, 11) is 0. The van der Waals surface area contributed by atoms with Gasteiger partial charge in [0.2, 0.25) is 5.91 Å². The van der Waals surface area contributed by atoms with Crippen molar-refractivity contribution in [2.75, 3.05) is 4.90 Å². The van der Waals surface area contributed by atoms with Gasteiger partial charge in [0.1, 0.15) is 5.82 Å². The van der Waals surface area contributed by atoms with Crippen molar-refractivity contribution in [3.8, 4) is 0 Å². The second kappa shape index (κ2) is 7.36. The van der Waals surface area contributed by atoms with Crippen molar-refractivity contribution in [2.45, 2.75) is 25.3 Å². The number of hydrogen-bond acceptors (Lipinski definition) is 1. The van der Waals surface area contributed by atoms with E-state index in [-0.39, 0.29) is 29.6 Å². The van der Waals surface area contributed by atoms with Crippen LogP contribution in [0.1, 0.15) is 36.4 Å². The average Bonchev–Trinajstić information content (AvgIpc) is 2.72. The molecule has 0 bridgehead atoms. The maximum Gasteiger partial charge on any atom is 0.233 e. The van der Waals surface area contributed by atoms with Crippen LogP contribution in [0.4, 0.5) is 10.1 Å². The van der Waals surface area contributed by atoms with Crippen molar-refractivity contribution in [1.82, 2.24) is 0 Å². The Morgan fingerprint density at radius 2 is 1.48 bits per heavy atom. The van der Waals surface area contributed by atoms with Gasteiger partial charge in [-0.05, 0) is 47.7 Å². The molecule has 0 N–H and O–H groups in total. The molecule has 136 valence electrons. The van der Waals surface area contributed by atoms with Gasteiger partial charge in [-0.15, -0.1) is 0 Å². The number of β-lactam (4-membered cyclic amide) rings is 1. The Kier molecular flexibility index (Phi) is 4.76. The van der Waals surface area contributed by atoms with Crippen LogP contribution in [0.3, 0.4) is 0 Å². The topological polar surface area (TPSA) is 20.3 Å². The van der Waals surface area contributed by atoms with Crippen LogP contribution >= 0.6 is 0 Å². The Hall–Kier alpha value is -2.94. The zero-order chi connectivity index (χ0) is 18.8. The van der Waals surface area contributed by atoms with Crippen molar-refractivity contribution in [1.29, 1.82) is 0 Å². The highest BCUT2D eigenvalue weighted by atomic mass is 19.1. The quantitative estimate of drug-likeness (QED) is 0.533. The first-order valence-electron chi connectivity index (χ1n) is 9.39. The zero-order valence-corrected chi connectivity index (χ0v) is 15.3. The number of rotatable bonds is 5. The van der Waals surface area contributed by atoms with Gasteiger partial charge in [0, 0.05) is 5.69 Å². The molecule has 1 saturated heterocycles. The lowest BCUT2D eigenvalue weighted by molar-refractivity contribution is -0.131. The van der Waals surface area contributed by atoms with Gasteiger partial charge < -0.3 is 4.90 Å². The zero-order valence-electron chi connectivity index (χ0n) is 15.3. The van der Waals surface area contributed by atoms with Crippen molar-refractivity contribution in [2.24, 2.45) is 5.92 Å². The van der Waals surface area contributed by atoms with E-state index in [0.717, 1.165) is 17.7 Å². The molecule has 27 heavy (non-hydrogen) atoms. The fourth-order valence-corrected chi connectivity index (χ4v) is 4.20. The van der Waals surface area contributed by atoms with Crippen molar-refractivity contribution in [3.05, 3.63) is 102 Å². The summed E-state index contributed by atoms with van der Waals surface area (Å²) in [6.07, 6.45) is 0.890. The number of hydrogen-bond donors (Lipinski definition) is 0. The minimum Gasteiger partial charge on any atom is -0.304 e. The Bertz CT molecular complexity index is 908. The monoisotopic (exact) mass is 359 g/mol. The SMILES string of the molecule is CCC(c1ccccc1)C1C(=O)N(c2ccc(F)cc2)C1c1ccccc1. The highest BCUT2D eigenvalue weighted by Gasteiger charge is 2.52. The molecule has 0 aromatic heterocycles. The third-order valence-corrected chi connectivity index (χ3v) is 5.49. The predicted molar refractivity (Wildman–Crippen MR) is 106 cm³/mol. The van der Waals surface area contributed by atoms with Crippen LogP contribution in [-0.4, -0.2) is 5.91 Å². The number of nitrogens with zero attached hydrogens (tertiary/aromatic N) is 1. The number of anilines is 1. The Morgan fingerprint density at radius 1 is 0.889 bits per heavy atom. The molecule has 1 aliphatic heterocycles. The third-order valence-electron chi connectivity index (χ3n) is 5.49. The molecule has 0 saturated carbocycles. The van der Waals surface area contributed by atoms with Crippen LogP contribution in [0.15, 0.2) is 84.9 Å². The van der Waals surface area contributed by atoms with Crippen LogP contribution in [0.2, 0.25) is 0 Å². The Labute approximate surface area is 159 Å². The van der Waals surface area contributed by atoms with E-state index >= 15 is 0 Å².